The number of anilines is 1. The predicted molar refractivity (Wildman–Crippen MR) is 255 cm³/mol. The minimum absolute atomic E-state index is 0.00223. The van der Waals surface area contributed by atoms with Crippen LogP contribution in [0.2, 0.25) is 16.6 Å². The Balaban J connectivity index is 1.24. The Morgan fingerprint density at radius 1 is 1.00 bits per heavy atom. The number of amides is 1. The van der Waals surface area contributed by atoms with Gasteiger partial charge in [0.1, 0.15) is 61.2 Å². The summed E-state index contributed by atoms with van der Waals surface area (Å²) in [7, 11) is -0.617. The maximum absolute atomic E-state index is 18.2. The van der Waals surface area contributed by atoms with Crippen LogP contribution in [0.5, 0.6) is 17.6 Å². The fraction of sp³-hybridized carbons (Fsp3) is 0.608. The molecule has 354 valence electrons. The van der Waals surface area contributed by atoms with Crippen molar-refractivity contribution in [2.75, 3.05) is 58.2 Å². The van der Waals surface area contributed by atoms with Crippen LogP contribution in [0.1, 0.15) is 100.0 Å². The third kappa shape index (κ3) is 8.22. The first kappa shape index (κ1) is 46.3. The van der Waals surface area contributed by atoms with E-state index in [9.17, 15) is 9.18 Å². The van der Waals surface area contributed by atoms with Gasteiger partial charge in [-0.1, -0.05) is 59.6 Å². The van der Waals surface area contributed by atoms with Crippen LogP contribution in [-0.2, 0) is 9.47 Å². The summed E-state index contributed by atoms with van der Waals surface area (Å²) in [4.78, 5) is 34.9. The molecule has 5 fully saturated rings. The van der Waals surface area contributed by atoms with Crippen molar-refractivity contribution >= 4 is 41.7 Å². The molecule has 6 aliphatic heterocycles. The summed E-state index contributed by atoms with van der Waals surface area (Å²) in [5.74, 6) is 4.10. The van der Waals surface area contributed by atoms with Crippen molar-refractivity contribution in [3.8, 4) is 40.4 Å². The van der Waals surface area contributed by atoms with Gasteiger partial charge in [0.15, 0.2) is 12.6 Å². The lowest BCUT2D eigenvalue weighted by molar-refractivity contribution is 0.00643. The van der Waals surface area contributed by atoms with Gasteiger partial charge >= 0.3 is 12.1 Å². The highest BCUT2D eigenvalue weighted by Gasteiger charge is 2.50. The van der Waals surface area contributed by atoms with E-state index >= 15 is 4.39 Å². The molecule has 5 saturated heterocycles. The maximum atomic E-state index is 18.2. The molecule has 8 heterocycles. The Bertz CT molecular complexity index is 2560. The average molecular weight is 925 g/mol. The van der Waals surface area contributed by atoms with Gasteiger partial charge in [-0.15, -0.1) is 5.54 Å². The molecule has 5 atom stereocenters. The molecule has 2 aromatic carbocycles. The minimum Gasteiger partial charge on any atom is -0.475 e. The first-order valence-corrected chi connectivity index (χ1v) is 26.2. The number of hydrogen-bond acceptors (Lipinski definition) is 11. The summed E-state index contributed by atoms with van der Waals surface area (Å²) < 4.78 is 63.7. The van der Waals surface area contributed by atoms with E-state index in [1.807, 2.05) is 49.9 Å². The van der Waals surface area contributed by atoms with Crippen LogP contribution in [0.3, 0.4) is 0 Å². The molecule has 10 rings (SSSR count). The van der Waals surface area contributed by atoms with E-state index in [-0.39, 0.29) is 67.2 Å². The summed E-state index contributed by atoms with van der Waals surface area (Å²) in [5.41, 5.74) is 5.25. The minimum atomic E-state index is -2.17. The molecule has 1 amide bonds. The van der Waals surface area contributed by atoms with Crippen molar-refractivity contribution in [3.63, 3.8) is 0 Å². The molecular formula is C51H66F2N6O6Si. The van der Waals surface area contributed by atoms with Crippen LogP contribution in [0.15, 0.2) is 30.3 Å². The van der Waals surface area contributed by atoms with Crippen molar-refractivity contribution in [1.82, 2.24) is 24.8 Å². The smallest absolute Gasteiger partial charge is 0.410 e. The van der Waals surface area contributed by atoms with Gasteiger partial charge < -0.3 is 33.5 Å². The average Bonchev–Trinajstić information content (AvgIpc) is 3.60. The zero-order valence-electron chi connectivity index (χ0n) is 40.3. The fourth-order valence-electron chi connectivity index (χ4n) is 12.2. The highest BCUT2D eigenvalue weighted by Crippen LogP contribution is 2.47. The Hall–Kier alpha value is -4.78. The number of aromatic nitrogens is 3. The standard InChI is InChI=1S/C51H66F2N6O6Si/c1-30(2)66(31(3)4,32(5)6)20-17-33-13-11-14-34-21-38(64-29-61-10)22-39(41(33)34)44-43(53)45-42-46(56-48(55-45)63-28-51-18-12-19-57(51)25-36(52)23-51)59-26-37-16-15-35(40(59)27-62-47(42)54-44)24-58(37)49(60)65-50(7,8)9/h11,13-14,21-22,30-32,35-37,40H,12,15-16,18-19,23-29H2,1-10H3/t35-,36-,37+,40-,51+/m1/s1. The molecular weight excluding hydrogens is 859 g/mol. The second-order valence-electron chi connectivity index (χ2n) is 21.2. The largest absolute Gasteiger partial charge is 0.475 e. The van der Waals surface area contributed by atoms with Gasteiger partial charge in [0.25, 0.3) is 0 Å². The normalized spacial score (nSPS) is 24.0. The highest BCUT2D eigenvalue weighted by atomic mass is 28.3. The Morgan fingerprint density at radius 3 is 2.50 bits per heavy atom. The number of piperidine rings is 1. The first-order valence-electron chi connectivity index (χ1n) is 24.0. The van der Waals surface area contributed by atoms with Crippen LogP contribution in [0, 0.1) is 23.2 Å². The number of fused-ring (bicyclic) bond motifs is 4. The predicted octanol–water partition coefficient (Wildman–Crippen LogP) is 10.1. The number of rotatable bonds is 10. The summed E-state index contributed by atoms with van der Waals surface area (Å²) in [6.45, 7) is 21.8. The fourth-order valence-corrected chi connectivity index (χ4v) is 17.4. The van der Waals surface area contributed by atoms with Gasteiger partial charge in [-0.3, -0.25) is 4.90 Å². The summed E-state index contributed by atoms with van der Waals surface area (Å²) >= 11 is 0. The summed E-state index contributed by atoms with van der Waals surface area (Å²) in [6.07, 6.45) is 2.42. The van der Waals surface area contributed by atoms with Crippen molar-refractivity contribution in [3.05, 3.63) is 41.7 Å². The third-order valence-corrected chi connectivity index (χ3v) is 21.4. The van der Waals surface area contributed by atoms with Crippen molar-refractivity contribution in [2.24, 2.45) is 5.92 Å². The lowest BCUT2D eigenvalue weighted by Crippen LogP contribution is -2.49. The molecule has 12 nitrogen and oxygen atoms in total. The molecule has 15 heteroatoms. The molecule has 0 aliphatic carbocycles. The maximum Gasteiger partial charge on any atom is 0.410 e. The Labute approximate surface area is 389 Å². The molecule has 2 bridgehead atoms. The number of ether oxygens (including phenoxy) is 5. The molecule has 4 aromatic rings. The van der Waals surface area contributed by atoms with Crippen molar-refractivity contribution in [2.45, 2.75) is 140 Å². The van der Waals surface area contributed by atoms with Gasteiger partial charge in [-0.05, 0) is 93.2 Å². The van der Waals surface area contributed by atoms with E-state index in [1.54, 1.807) is 13.2 Å². The molecule has 0 unspecified atom stereocenters. The van der Waals surface area contributed by atoms with E-state index in [2.05, 4.69) is 62.8 Å². The van der Waals surface area contributed by atoms with Gasteiger partial charge in [0.2, 0.25) is 5.88 Å². The van der Waals surface area contributed by atoms with Crippen molar-refractivity contribution in [1.29, 1.82) is 0 Å². The number of carbonyl (C=O) groups is 1. The number of pyridine rings is 1. The van der Waals surface area contributed by atoms with Gasteiger partial charge in [-0.25, -0.2) is 18.6 Å². The Kier molecular flexibility index (Phi) is 12.4. The van der Waals surface area contributed by atoms with Crippen LogP contribution >= 0.6 is 0 Å². The van der Waals surface area contributed by atoms with Crippen LogP contribution < -0.4 is 19.1 Å². The second-order valence-corrected chi connectivity index (χ2v) is 26.8. The van der Waals surface area contributed by atoms with E-state index in [4.69, 9.17) is 38.6 Å². The lowest BCUT2D eigenvalue weighted by atomic mass is 9.90. The quantitative estimate of drug-likeness (QED) is 0.0861. The van der Waals surface area contributed by atoms with E-state index in [0.29, 0.717) is 65.2 Å². The molecule has 2 aromatic heterocycles. The SMILES string of the molecule is COCOc1cc(-c2nc3c4c(nc(OC[C@@]56CCCN5C[C@H](F)C6)nc4c2F)N2C[C@@H]4CC[C@H](CN4C(=O)OC(C)(C)C)[C@H]2CO3)c2c(C#C[Si](C(C)C)(C(C)C)C(C)C)cccc2c1. The molecule has 66 heavy (non-hydrogen) atoms. The number of methoxy groups -OCH3 is 1. The summed E-state index contributed by atoms with van der Waals surface area (Å²) in [5, 5.41) is 1.88. The molecule has 0 N–H and O–H groups in total. The topological polar surface area (TPSA) is 112 Å². The van der Waals surface area contributed by atoms with E-state index < -0.39 is 31.2 Å². The first-order chi connectivity index (χ1) is 31.4. The number of alkyl halides is 1. The van der Waals surface area contributed by atoms with Crippen LogP contribution in [-0.4, -0.2) is 122 Å². The number of hydrogen-bond donors (Lipinski definition) is 0. The van der Waals surface area contributed by atoms with Gasteiger partial charge in [0.05, 0.1) is 17.6 Å². The van der Waals surface area contributed by atoms with Crippen LogP contribution in [0.4, 0.5) is 19.4 Å². The monoisotopic (exact) mass is 924 g/mol. The molecule has 0 spiro atoms. The number of carbonyl (C=O) groups excluding carboxylic acids is 1. The molecule has 0 radical (unpaired) electrons. The van der Waals surface area contributed by atoms with E-state index in [1.165, 1.54) is 0 Å². The second kappa shape index (κ2) is 17.7. The number of benzene rings is 2. The zero-order valence-corrected chi connectivity index (χ0v) is 41.3. The highest BCUT2D eigenvalue weighted by molar-refractivity contribution is 6.90. The van der Waals surface area contributed by atoms with E-state index in [0.717, 1.165) is 48.6 Å². The van der Waals surface area contributed by atoms with Crippen molar-refractivity contribution < 1.29 is 37.3 Å². The Morgan fingerprint density at radius 2 is 1.77 bits per heavy atom. The van der Waals surface area contributed by atoms with Crippen LogP contribution in [0.25, 0.3) is 32.9 Å². The number of halogens is 2. The number of nitrogens with zero attached hydrogens (tertiary/aromatic N) is 6. The molecule has 6 aliphatic rings. The summed E-state index contributed by atoms with van der Waals surface area (Å²) in [6, 6.07) is 9.24. The third-order valence-electron chi connectivity index (χ3n) is 15.2. The molecule has 0 saturated carbocycles. The van der Waals surface area contributed by atoms with Gasteiger partial charge in [-0.2, -0.15) is 9.97 Å². The zero-order chi connectivity index (χ0) is 46.9. The lowest BCUT2D eigenvalue weighted by Gasteiger charge is -2.38. The van der Waals surface area contributed by atoms with Gasteiger partial charge in [0, 0.05) is 55.6 Å².